The van der Waals surface area contributed by atoms with Gasteiger partial charge >= 0.3 is 13.1 Å². The Hall–Kier alpha value is -2.71. The van der Waals surface area contributed by atoms with Crippen LogP contribution in [0, 0.1) is 11.2 Å². The minimum Gasteiger partial charge on any atom is -0.478 e. The highest BCUT2D eigenvalue weighted by atomic mass is 19.1. The zero-order valence-electron chi connectivity index (χ0n) is 14.8. The molecule has 8 heteroatoms. The zero-order chi connectivity index (χ0) is 19.4. The molecule has 2 aromatic rings. The lowest BCUT2D eigenvalue weighted by Gasteiger charge is -2.35. The molecule has 2 N–H and O–H groups in total. The monoisotopic (exact) mass is 371 g/mol. The van der Waals surface area contributed by atoms with Crippen LogP contribution in [0.2, 0.25) is 0 Å². The Balaban J connectivity index is 1.54. The second-order valence-electron chi connectivity index (χ2n) is 6.75. The number of aromatic carboxylic acids is 1. The van der Waals surface area contributed by atoms with Crippen molar-refractivity contribution >= 4 is 24.5 Å². The molecule has 1 saturated heterocycles. The molecule has 0 aromatic heterocycles. The van der Waals surface area contributed by atoms with Gasteiger partial charge in [0.15, 0.2) is 0 Å². The number of carboxylic acid groups (broad SMARTS) is 1. The van der Waals surface area contributed by atoms with E-state index in [1.54, 1.807) is 31.2 Å². The van der Waals surface area contributed by atoms with Crippen molar-refractivity contribution in [1.82, 2.24) is 5.32 Å². The normalized spacial score (nSPS) is 16.0. The number of hydrogen-bond acceptors (Lipinski definition) is 4. The summed E-state index contributed by atoms with van der Waals surface area (Å²) < 4.78 is 24.3. The number of halogens is 1. The van der Waals surface area contributed by atoms with E-state index < -0.39 is 18.5 Å². The first-order chi connectivity index (χ1) is 12.9. The minimum absolute atomic E-state index is 0.166. The summed E-state index contributed by atoms with van der Waals surface area (Å²) in [5, 5.41) is 11.7. The maximum atomic E-state index is 13.0. The summed E-state index contributed by atoms with van der Waals surface area (Å²) in [5.74, 6) is -1.55. The third-order valence-electron chi connectivity index (χ3n) is 4.45. The average Bonchev–Trinajstić information content (AvgIpc) is 2.68. The van der Waals surface area contributed by atoms with E-state index in [1.807, 2.05) is 0 Å². The Kier molecular flexibility index (Phi) is 5.58. The summed E-state index contributed by atoms with van der Waals surface area (Å²) in [7, 11) is -0.630. The molecular weight excluding hydrogens is 352 g/mol. The Labute approximate surface area is 156 Å². The van der Waals surface area contributed by atoms with E-state index in [9.17, 15) is 14.0 Å². The van der Waals surface area contributed by atoms with Gasteiger partial charge in [-0.3, -0.25) is 4.79 Å². The van der Waals surface area contributed by atoms with Crippen LogP contribution in [0.3, 0.4) is 0 Å². The molecule has 1 heterocycles. The lowest BCUT2D eigenvalue weighted by Crippen LogP contribution is -2.54. The van der Waals surface area contributed by atoms with Crippen LogP contribution in [0.1, 0.15) is 22.8 Å². The largest absolute Gasteiger partial charge is 0.493 e. The lowest BCUT2D eigenvalue weighted by molar-refractivity contribution is -0.137. The summed E-state index contributed by atoms with van der Waals surface area (Å²) in [6, 6.07) is 12.1. The fourth-order valence-electron chi connectivity index (χ4n) is 2.71. The van der Waals surface area contributed by atoms with Gasteiger partial charge in [-0.1, -0.05) is 24.3 Å². The molecule has 1 fully saturated rings. The summed E-state index contributed by atoms with van der Waals surface area (Å²) in [6.45, 7) is 2.35. The zero-order valence-corrected chi connectivity index (χ0v) is 14.8. The number of carboxylic acids is 1. The van der Waals surface area contributed by atoms with Crippen LogP contribution in [0.4, 0.5) is 4.39 Å². The van der Waals surface area contributed by atoms with E-state index in [0.29, 0.717) is 5.46 Å². The molecule has 1 aliphatic rings. The lowest BCUT2D eigenvalue weighted by atomic mass is 9.75. The van der Waals surface area contributed by atoms with Crippen molar-refractivity contribution in [1.29, 1.82) is 0 Å². The third kappa shape index (κ3) is 4.53. The number of benzene rings is 2. The molecule has 3 rings (SSSR count). The average molecular weight is 371 g/mol. The Bertz CT molecular complexity index is 817. The van der Waals surface area contributed by atoms with Gasteiger partial charge in [-0.05, 0) is 42.2 Å². The van der Waals surface area contributed by atoms with Gasteiger partial charge in [0.25, 0.3) is 0 Å². The van der Waals surface area contributed by atoms with Crippen molar-refractivity contribution in [2.45, 2.75) is 13.5 Å². The van der Waals surface area contributed by atoms with Gasteiger partial charge in [-0.25, -0.2) is 9.18 Å². The van der Waals surface area contributed by atoms with E-state index >= 15 is 0 Å². The molecule has 0 unspecified atom stereocenters. The van der Waals surface area contributed by atoms with Gasteiger partial charge in [0.05, 0.1) is 11.0 Å². The number of hydrogen-bond donors (Lipinski definition) is 2. The summed E-state index contributed by atoms with van der Waals surface area (Å²) in [5.41, 5.74) is 0.825. The second kappa shape index (κ2) is 7.90. The molecular formula is C19H19BFNO5. The van der Waals surface area contributed by atoms with E-state index in [-0.39, 0.29) is 37.0 Å². The van der Waals surface area contributed by atoms with Crippen LogP contribution in [0.25, 0.3) is 0 Å². The van der Waals surface area contributed by atoms with Gasteiger partial charge < -0.3 is 19.7 Å². The van der Waals surface area contributed by atoms with Gasteiger partial charge in [-0.15, -0.1) is 0 Å². The second-order valence-corrected chi connectivity index (χ2v) is 6.75. The van der Waals surface area contributed by atoms with Crippen molar-refractivity contribution in [3.63, 3.8) is 0 Å². The number of amides is 1. The van der Waals surface area contributed by atoms with E-state index in [2.05, 4.69) is 5.32 Å². The first kappa shape index (κ1) is 19.1. The fourth-order valence-corrected chi connectivity index (χ4v) is 2.71. The smallest absolute Gasteiger partial charge is 0.478 e. The summed E-state index contributed by atoms with van der Waals surface area (Å²) in [4.78, 5) is 23.4. The molecule has 27 heavy (non-hydrogen) atoms. The summed E-state index contributed by atoms with van der Waals surface area (Å²) in [6.07, 6.45) is 0. The predicted molar refractivity (Wildman–Crippen MR) is 97.0 cm³/mol. The summed E-state index contributed by atoms with van der Waals surface area (Å²) >= 11 is 0. The first-order valence-electron chi connectivity index (χ1n) is 8.47. The Morgan fingerprint density at radius 1 is 1.11 bits per heavy atom. The molecule has 6 nitrogen and oxygen atoms in total. The Morgan fingerprint density at radius 2 is 1.70 bits per heavy atom. The van der Waals surface area contributed by atoms with Crippen molar-refractivity contribution in [2.75, 3.05) is 13.2 Å². The first-order valence-corrected chi connectivity index (χ1v) is 8.47. The van der Waals surface area contributed by atoms with E-state index in [4.69, 9.17) is 14.4 Å². The van der Waals surface area contributed by atoms with Crippen LogP contribution >= 0.6 is 0 Å². The highest BCUT2D eigenvalue weighted by Crippen LogP contribution is 2.23. The van der Waals surface area contributed by atoms with E-state index in [1.165, 1.54) is 24.3 Å². The van der Waals surface area contributed by atoms with Crippen LogP contribution in [-0.4, -0.2) is 37.3 Å². The van der Waals surface area contributed by atoms with Crippen LogP contribution < -0.4 is 10.8 Å². The van der Waals surface area contributed by atoms with Crippen LogP contribution in [0.5, 0.6) is 0 Å². The van der Waals surface area contributed by atoms with Crippen molar-refractivity contribution < 1.29 is 28.4 Å². The highest BCUT2D eigenvalue weighted by Gasteiger charge is 2.41. The van der Waals surface area contributed by atoms with Crippen molar-refractivity contribution in [3.8, 4) is 0 Å². The number of carbonyl (C=O) groups is 2. The van der Waals surface area contributed by atoms with Gasteiger partial charge in [-0.2, -0.15) is 0 Å². The maximum absolute atomic E-state index is 13.0. The number of nitrogens with one attached hydrogen (secondary N) is 1. The molecule has 0 aliphatic carbocycles. The maximum Gasteiger partial charge on any atom is 0.493 e. The van der Waals surface area contributed by atoms with Crippen molar-refractivity contribution in [2.24, 2.45) is 5.41 Å². The highest BCUT2D eigenvalue weighted by molar-refractivity contribution is 6.61. The molecule has 0 bridgehead atoms. The number of rotatable bonds is 5. The molecule has 0 spiro atoms. The van der Waals surface area contributed by atoms with Gasteiger partial charge in [0.1, 0.15) is 5.82 Å². The molecule has 1 aliphatic heterocycles. The number of carbonyl (C=O) groups excluding carboxylic acids is 1. The SMILES string of the molecule is CC1(C(=O)NCc2ccc(C(=O)O)cc2)COB(c2ccc(F)cc2)OC1. The third-order valence-corrected chi connectivity index (χ3v) is 4.45. The van der Waals surface area contributed by atoms with Crippen LogP contribution in [-0.2, 0) is 20.6 Å². The molecule has 1 amide bonds. The standard InChI is InChI=1S/C19H19BFNO5/c1-19(11-26-20(27-12-19)15-6-8-16(21)9-7-15)18(25)22-10-13-2-4-14(5-3-13)17(23)24/h2-9H,10-12H2,1H3,(H,22,25)(H,23,24). The molecule has 0 atom stereocenters. The predicted octanol–water partition coefficient (Wildman–Crippen LogP) is 1.59. The molecule has 2 aromatic carbocycles. The van der Waals surface area contributed by atoms with E-state index in [0.717, 1.165) is 5.56 Å². The molecule has 0 radical (unpaired) electrons. The minimum atomic E-state index is -0.995. The van der Waals surface area contributed by atoms with Crippen LogP contribution in [0.15, 0.2) is 48.5 Å². The van der Waals surface area contributed by atoms with Gasteiger partial charge in [0, 0.05) is 19.8 Å². The fraction of sp³-hybridized carbons (Fsp3) is 0.263. The molecule has 140 valence electrons. The topological polar surface area (TPSA) is 84.9 Å². The van der Waals surface area contributed by atoms with Crippen molar-refractivity contribution in [3.05, 3.63) is 65.5 Å². The Morgan fingerprint density at radius 3 is 2.26 bits per heavy atom. The van der Waals surface area contributed by atoms with Gasteiger partial charge in [0.2, 0.25) is 5.91 Å². The molecule has 0 saturated carbocycles. The quantitative estimate of drug-likeness (QED) is 0.780.